The molecule has 36 heavy (non-hydrogen) atoms. The lowest BCUT2D eigenvalue weighted by Crippen LogP contribution is -2.31. The van der Waals surface area contributed by atoms with Gasteiger partial charge >= 0.3 is 0 Å². The van der Waals surface area contributed by atoms with E-state index >= 15 is 0 Å². The zero-order valence-corrected chi connectivity index (χ0v) is 22.9. The van der Waals surface area contributed by atoms with E-state index in [1.807, 2.05) is 26.1 Å². The second-order valence-electron chi connectivity index (χ2n) is 8.47. The summed E-state index contributed by atoms with van der Waals surface area (Å²) >= 11 is 13.4. The number of hydrogen-bond donors (Lipinski definition) is 2. The molecule has 1 atom stereocenters. The van der Waals surface area contributed by atoms with Gasteiger partial charge in [0, 0.05) is 17.8 Å². The number of amides is 2. The molecular weight excluding hydrogens is 521 g/mol. The van der Waals surface area contributed by atoms with Gasteiger partial charge in [0.15, 0.2) is 11.0 Å². The van der Waals surface area contributed by atoms with Gasteiger partial charge in [-0.3, -0.25) is 9.59 Å². The number of nitrogens with zero attached hydrogens (tertiary/aromatic N) is 3. The molecule has 8 nitrogen and oxygen atoms in total. The number of carbonyl (C=O) groups excluding carboxylic acids is 2. The molecule has 0 unspecified atom stereocenters. The van der Waals surface area contributed by atoms with Gasteiger partial charge in [0.05, 0.1) is 29.0 Å². The molecule has 1 aromatic heterocycles. The van der Waals surface area contributed by atoms with Crippen LogP contribution in [0, 0.1) is 5.92 Å². The van der Waals surface area contributed by atoms with Crippen LogP contribution in [0.2, 0.25) is 10.0 Å². The minimum atomic E-state index is -0.395. The van der Waals surface area contributed by atoms with Gasteiger partial charge in [-0.15, -0.1) is 10.2 Å². The van der Waals surface area contributed by atoms with E-state index in [1.54, 1.807) is 28.8 Å². The number of anilines is 1. The standard InChI is InChI=1S/C25H29Cl2N5O3S/c1-5-35-18-9-7-17(8-10-18)28-22(33)14-36-25-31-30-23(32(25)4)21(12-15(2)3)29-24(34)19-11-6-16(26)13-20(19)27/h6-11,13,15,21H,5,12,14H2,1-4H3,(H,28,33)(H,29,34)/t21-/m1/s1. The van der Waals surface area contributed by atoms with Gasteiger partial charge in [0.2, 0.25) is 5.91 Å². The van der Waals surface area contributed by atoms with Crippen LogP contribution in [0.3, 0.4) is 0 Å². The Labute approximate surface area is 225 Å². The minimum absolute atomic E-state index is 0.154. The van der Waals surface area contributed by atoms with Crippen molar-refractivity contribution in [1.82, 2.24) is 20.1 Å². The number of benzene rings is 2. The van der Waals surface area contributed by atoms with Crippen molar-refractivity contribution in [3.63, 3.8) is 0 Å². The van der Waals surface area contributed by atoms with Gasteiger partial charge in [-0.2, -0.15) is 0 Å². The van der Waals surface area contributed by atoms with E-state index in [1.165, 1.54) is 17.8 Å². The summed E-state index contributed by atoms with van der Waals surface area (Å²) in [7, 11) is 1.82. The van der Waals surface area contributed by atoms with E-state index in [0.717, 1.165) is 5.75 Å². The molecule has 2 aromatic carbocycles. The minimum Gasteiger partial charge on any atom is -0.494 e. The molecule has 0 radical (unpaired) electrons. The van der Waals surface area contributed by atoms with Gasteiger partial charge in [0.25, 0.3) is 5.91 Å². The molecule has 3 aromatic rings. The molecule has 2 amide bonds. The van der Waals surface area contributed by atoms with Crippen LogP contribution in [0.5, 0.6) is 5.75 Å². The molecule has 11 heteroatoms. The summed E-state index contributed by atoms with van der Waals surface area (Å²) in [5.41, 5.74) is 1.01. The highest BCUT2D eigenvalue weighted by Crippen LogP contribution is 2.26. The number of hydrogen-bond acceptors (Lipinski definition) is 6. The summed E-state index contributed by atoms with van der Waals surface area (Å²) in [5, 5.41) is 15.7. The maximum absolute atomic E-state index is 12.9. The second-order valence-corrected chi connectivity index (χ2v) is 10.3. The van der Waals surface area contributed by atoms with Crippen LogP contribution in [0.15, 0.2) is 47.6 Å². The number of carbonyl (C=O) groups is 2. The van der Waals surface area contributed by atoms with Crippen molar-refractivity contribution in [3.05, 3.63) is 63.9 Å². The van der Waals surface area contributed by atoms with Crippen LogP contribution >= 0.6 is 35.0 Å². The van der Waals surface area contributed by atoms with E-state index in [0.29, 0.717) is 40.3 Å². The third kappa shape index (κ3) is 7.62. The lowest BCUT2D eigenvalue weighted by Gasteiger charge is -2.20. The lowest BCUT2D eigenvalue weighted by atomic mass is 10.0. The molecule has 1 heterocycles. The lowest BCUT2D eigenvalue weighted by molar-refractivity contribution is -0.113. The molecule has 0 spiro atoms. The smallest absolute Gasteiger partial charge is 0.253 e. The summed E-state index contributed by atoms with van der Waals surface area (Å²) < 4.78 is 7.21. The number of thioether (sulfide) groups is 1. The van der Waals surface area contributed by atoms with Gasteiger partial charge in [-0.25, -0.2) is 0 Å². The Kier molecular flexibility index (Phi) is 10.0. The first-order chi connectivity index (χ1) is 17.2. The zero-order valence-electron chi connectivity index (χ0n) is 20.5. The van der Waals surface area contributed by atoms with Gasteiger partial charge in [0.1, 0.15) is 5.75 Å². The number of aromatic nitrogens is 3. The van der Waals surface area contributed by atoms with Gasteiger partial charge in [-0.05, 0) is 61.7 Å². The van der Waals surface area contributed by atoms with Crippen molar-refractivity contribution in [2.24, 2.45) is 13.0 Å². The fourth-order valence-electron chi connectivity index (χ4n) is 3.49. The van der Waals surface area contributed by atoms with Crippen LogP contribution < -0.4 is 15.4 Å². The van der Waals surface area contributed by atoms with Crippen molar-refractivity contribution >= 4 is 52.5 Å². The number of ether oxygens (including phenoxy) is 1. The first-order valence-electron chi connectivity index (χ1n) is 11.5. The van der Waals surface area contributed by atoms with E-state index in [2.05, 4.69) is 34.7 Å². The van der Waals surface area contributed by atoms with Gasteiger partial charge < -0.3 is 19.9 Å². The Bertz CT molecular complexity index is 1200. The third-order valence-corrected chi connectivity index (χ3v) is 6.72. The van der Waals surface area contributed by atoms with Crippen molar-refractivity contribution in [2.45, 2.75) is 38.4 Å². The third-order valence-electron chi connectivity index (χ3n) is 5.15. The Hall–Kier alpha value is -2.75. The highest BCUT2D eigenvalue weighted by molar-refractivity contribution is 7.99. The molecule has 3 rings (SSSR count). The first kappa shape index (κ1) is 27.8. The molecule has 0 bridgehead atoms. The Morgan fingerprint density at radius 3 is 2.47 bits per heavy atom. The highest BCUT2D eigenvalue weighted by atomic mass is 35.5. The maximum Gasteiger partial charge on any atom is 0.253 e. The Morgan fingerprint density at radius 1 is 1.11 bits per heavy atom. The van der Waals surface area contributed by atoms with E-state index in [9.17, 15) is 9.59 Å². The SMILES string of the molecule is CCOc1ccc(NC(=O)CSc2nnc([C@@H](CC(C)C)NC(=O)c3ccc(Cl)cc3Cl)n2C)cc1. The van der Waals surface area contributed by atoms with Crippen LogP contribution in [0.1, 0.15) is 49.4 Å². The normalized spacial score (nSPS) is 11.9. The largest absolute Gasteiger partial charge is 0.494 e. The molecule has 0 fully saturated rings. The van der Waals surface area contributed by atoms with Gasteiger partial charge in [-0.1, -0.05) is 48.8 Å². The second kappa shape index (κ2) is 13.0. The molecule has 0 aliphatic carbocycles. The summed E-state index contributed by atoms with van der Waals surface area (Å²) in [4.78, 5) is 25.4. The van der Waals surface area contributed by atoms with Crippen LogP contribution in [-0.4, -0.2) is 38.9 Å². The Balaban J connectivity index is 1.66. The van der Waals surface area contributed by atoms with Crippen molar-refractivity contribution in [2.75, 3.05) is 17.7 Å². The maximum atomic E-state index is 12.9. The predicted molar refractivity (Wildman–Crippen MR) is 144 cm³/mol. The predicted octanol–water partition coefficient (Wildman–Crippen LogP) is 5.77. The van der Waals surface area contributed by atoms with Crippen molar-refractivity contribution in [1.29, 1.82) is 0 Å². The molecular formula is C25H29Cl2N5O3S. The average molecular weight is 551 g/mol. The summed E-state index contributed by atoms with van der Waals surface area (Å²) in [5.74, 6) is 1.28. The fraction of sp³-hybridized carbons (Fsp3) is 0.360. The van der Waals surface area contributed by atoms with Crippen molar-refractivity contribution < 1.29 is 14.3 Å². The molecule has 0 aliphatic rings. The van der Waals surface area contributed by atoms with E-state index in [-0.39, 0.29) is 28.5 Å². The Morgan fingerprint density at radius 2 is 1.83 bits per heavy atom. The first-order valence-corrected chi connectivity index (χ1v) is 13.2. The van der Waals surface area contributed by atoms with Crippen molar-refractivity contribution in [3.8, 4) is 5.75 Å². The summed E-state index contributed by atoms with van der Waals surface area (Å²) in [6.45, 7) is 6.62. The monoisotopic (exact) mass is 549 g/mol. The van der Waals surface area contributed by atoms with Crippen LogP contribution in [0.25, 0.3) is 0 Å². The number of rotatable bonds is 11. The van der Waals surface area contributed by atoms with E-state index in [4.69, 9.17) is 27.9 Å². The zero-order chi connectivity index (χ0) is 26.2. The average Bonchev–Trinajstić information content (AvgIpc) is 3.18. The quantitative estimate of drug-likeness (QED) is 0.294. The number of nitrogens with one attached hydrogen (secondary N) is 2. The molecule has 0 aliphatic heterocycles. The summed E-state index contributed by atoms with van der Waals surface area (Å²) in [6.07, 6.45) is 0.645. The van der Waals surface area contributed by atoms with Crippen LogP contribution in [-0.2, 0) is 11.8 Å². The summed E-state index contributed by atoms with van der Waals surface area (Å²) in [6, 6.07) is 11.5. The number of halogens is 2. The molecule has 192 valence electrons. The highest BCUT2D eigenvalue weighted by Gasteiger charge is 2.24. The van der Waals surface area contributed by atoms with E-state index < -0.39 is 6.04 Å². The molecule has 0 saturated heterocycles. The molecule has 0 saturated carbocycles. The topological polar surface area (TPSA) is 98.1 Å². The fourth-order valence-corrected chi connectivity index (χ4v) is 4.71. The van der Waals surface area contributed by atoms with Crippen LogP contribution in [0.4, 0.5) is 5.69 Å². The molecule has 2 N–H and O–H groups in total.